The van der Waals surface area contributed by atoms with Gasteiger partial charge in [-0.05, 0) is 36.2 Å². The number of hydrogen-bond acceptors (Lipinski definition) is 6. The molecule has 3 heterocycles. The third-order valence-electron chi connectivity index (χ3n) is 4.18. The number of nitrogens with two attached hydrogens (primary N) is 1. The van der Waals surface area contributed by atoms with Gasteiger partial charge in [0, 0.05) is 30.1 Å². The molecule has 0 saturated carbocycles. The fourth-order valence-electron chi connectivity index (χ4n) is 2.84. The zero-order valence-electron chi connectivity index (χ0n) is 15.1. The summed E-state index contributed by atoms with van der Waals surface area (Å²) in [6.07, 6.45) is 4.35. The summed E-state index contributed by atoms with van der Waals surface area (Å²) in [5.74, 6) is 0.780. The molecule has 27 heavy (non-hydrogen) atoms. The summed E-state index contributed by atoms with van der Waals surface area (Å²) in [4.78, 5) is 1.10. The number of hydrogen-bond donors (Lipinski definition) is 1. The molecule has 0 unspecified atom stereocenters. The first kappa shape index (κ1) is 17.3. The van der Waals surface area contributed by atoms with Crippen LogP contribution in [0.3, 0.4) is 0 Å². The third kappa shape index (κ3) is 3.56. The van der Waals surface area contributed by atoms with E-state index in [9.17, 15) is 0 Å². The molecule has 0 amide bonds. The van der Waals surface area contributed by atoms with Crippen molar-refractivity contribution in [3.8, 4) is 11.3 Å². The number of aryl methyl sites for hydroxylation is 2. The molecule has 0 atom stereocenters. The smallest absolute Gasteiger partial charge is 0.177 e. The molecule has 4 aromatic rings. The van der Waals surface area contributed by atoms with Crippen molar-refractivity contribution in [2.75, 3.05) is 0 Å². The molecule has 4 rings (SSSR count). The second kappa shape index (κ2) is 6.88. The minimum Gasteiger partial charge on any atom is -0.394 e. The summed E-state index contributed by atoms with van der Waals surface area (Å²) in [6, 6.07) is 10.1. The van der Waals surface area contributed by atoms with E-state index in [0.717, 1.165) is 33.2 Å². The highest BCUT2D eigenvalue weighted by Gasteiger charge is 2.11. The molecule has 0 aliphatic rings. The maximum absolute atomic E-state index is 5.75. The number of aromatic nitrogens is 6. The van der Waals surface area contributed by atoms with E-state index in [1.54, 1.807) is 15.4 Å². The zero-order valence-corrected chi connectivity index (χ0v) is 15.9. The summed E-state index contributed by atoms with van der Waals surface area (Å²) < 4.78 is 3.54. The third-order valence-corrected chi connectivity index (χ3v) is 5.11. The molecule has 0 fully saturated rings. The van der Waals surface area contributed by atoms with E-state index in [1.165, 1.54) is 17.3 Å². The molecule has 3 aromatic heterocycles. The highest BCUT2D eigenvalue weighted by atomic mass is 32.2. The van der Waals surface area contributed by atoms with Crippen molar-refractivity contribution < 1.29 is 0 Å². The minimum atomic E-state index is 0.575. The van der Waals surface area contributed by atoms with Gasteiger partial charge < -0.3 is 5.73 Å². The van der Waals surface area contributed by atoms with Crippen molar-refractivity contribution in [2.24, 2.45) is 12.8 Å². The van der Waals surface area contributed by atoms with Gasteiger partial charge in [0.2, 0.25) is 0 Å². The molecule has 0 saturated heterocycles. The lowest BCUT2D eigenvalue weighted by molar-refractivity contribution is 0.768. The van der Waals surface area contributed by atoms with E-state index < -0.39 is 0 Å². The standard InChI is InChI=1S/C19H19N7S/c1-12-4-5-14(8-17(12)27-13(2)20)9-19-23-22-18-7-6-16(24-26(18)19)15-10-21-25(3)11-15/h4-8,10-11H,2,9,20H2,1,3H3. The van der Waals surface area contributed by atoms with Crippen LogP contribution < -0.4 is 5.73 Å². The highest BCUT2D eigenvalue weighted by molar-refractivity contribution is 8.03. The van der Waals surface area contributed by atoms with Gasteiger partial charge in [0.25, 0.3) is 0 Å². The van der Waals surface area contributed by atoms with Crippen LogP contribution >= 0.6 is 11.8 Å². The van der Waals surface area contributed by atoms with Gasteiger partial charge in [-0.2, -0.15) is 14.7 Å². The van der Waals surface area contributed by atoms with E-state index in [0.29, 0.717) is 11.4 Å². The molecule has 0 aliphatic carbocycles. The Morgan fingerprint density at radius 3 is 2.81 bits per heavy atom. The number of nitrogens with zero attached hydrogens (tertiary/aromatic N) is 6. The summed E-state index contributed by atoms with van der Waals surface area (Å²) in [7, 11) is 1.88. The van der Waals surface area contributed by atoms with Crippen LogP contribution in [0.5, 0.6) is 0 Å². The molecule has 0 aliphatic heterocycles. The van der Waals surface area contributed by atoms with E-state index >= 15 is 0 Å². The van der Waals surface area contributed by atoms with E-state index in [-0.39, 0.29) is 0 Å². The van der Waals surface area contributed by atoms with Gasteiger partial charge in [0.05, 0.1) is 16.9 Å². The van der Waals surface area contributed by atoms with Gasteiger partial charge in [0.15, 0.2) is 11.5 Å². The van der Waals surface area contributed by atoms with Crippen LogP contribution in [0.2, 0.25) is 0 Å². The van der Waals surface area contributed by atoms with Crippen LogP contribution in [0.4, 0.5) is 0 Å². The Kier molecular flexibility index (Phi) is 4.41. The minimum absolute atomic E-state index is 0.575. The molecule has 136 valence electrons. The van der Waals surface area contributed by atoms with Crippen LogP contribution in [0.1, 0.15) is 17.0 Å². The fraction of sp³-hybridized carbons (Fsp3) is 0.158. The maximum atomic E-state index is 5.75. The number of rotatable bonds is 5. The predicted octanol–water partition coefficient (Wildman–Crippen LogP) is 2.95. The monoisotopic (exact) mass is 377 g/mol. The van der Waals surface area contributed by atoms with E-state index in [1.807, 2.05) is 25.4 Å². The first-order valence-electron chi connectivity index (χ1n) is 8.42. The van der Waals surface area contributed by atoms with Crippen LogP contribution in [-0.4, -0.2) is 29.6 Å². The SMILES string of the molecule is C=C(N)Sc1cc(Cc2nnc3ccc(-c4cnn(C)c4)nn23)ccc1C. The average molecular weight is 377 g/mol. The van der Waals surface area contributed by atoms with Crippen molar-refractivity contribution in [3.05, 3.63) is 71.3 Å². The maximum Gasteiger partial charge on any atom is 0.177 e. The Morgan fingerprint density at radius 1 is 1.22 bits per heavy atom. The Labute approximate surface area is 160 Å². The first-order chi connectivity index (χ1) is 13.0. The molecule has 0 spiro atoms. The van der Waals surface area contributed by atoms with Crippen LogP contribution in [0.15, 0.2) is 59.2 Å². The van der Waals surface area contributed by atoms with E-state index in [2.05, 4.69) is 47.0 Å². The summed E-state index contributed by atoms with van der Waals surface area (Å²) in [5.41, 5.74) is 10.5. The second-order valence-electron chi connectivity index (χ2n) is 6.35. The van der Waals surface area contributed by atoms with Gasteiger partial charge in [0.1, 0.15) is 0 Å². The van der Waals surface area contributed by atoms with Crippen LogP contribution in [-0.2, 0) is 13.5 Å². The largest absolute Gasteiger partial charge is 0.394 e. The predicted molar refractivity (Wildman–Crippen MR) is 106 cm³/mol. The summed E-state index contributed by atoms with van der Waals surface area (Å²) in [6.45, 7) is 5.83. The van der Waals surface area contributed by atoms with E-state index in [4.69, 9.17) is 10.8 Å². The second-order valence-corrected chi connectivity index (χ2v) is 7.52. The lowest BCUT2D eigenvalue weighted by Crippen LogP contribution is -2.02. The molecule has 0 bridgehead atoms. The number of thioether (sulfide) groups is 1. The van der Waals surface area contributed by atoms with Crippen LogP contribution in [0.25, 0.3) is 16.9 Å². The number of fused-ring (bicyclic) bond motifs is 1. The molecule has 1 aromatic carbocycles. The lowest BCUT2D eigenvalue weighted by Gasteiger charge is -2.08. The molecule has 7 nitrogen and oxygen atoms in total. The normalized spacial score (nSPS) is 11.2. The molecular weight excluding hydrogens is 358 g/mol. The van der Waals surface area contributed by atoms with Gasteiger partial charge in [-0.15, -0.1) is 10.2 Å². The fourth-order valence-corrected chi connectivity index (χ4v) is 3.56. The van der Waals surface area contributed by atoms with Crippen molar-refractivity contribution in [3.63, 3.8) is 0 Å². The summed E-state index contributed by atoms with van der Waals surface area (Å²) in [5, 5.41) is 18.0. The Morgan fingerprint density at radius 2 is 2.07 bits per heavy atom. The highest BCUT2D eigenvalue weighted by Crippen LogP contribution is 2.27. The van der Waals surface area contributed by atoms with Gasteiger partial charge >= 0.3 is 0 Å². The van der Waals surface area contributed by atoms with Gasteiger partial charge in [-0.25, -0.2) is 0 Å². The molecular formula is C19H19N7S. The van der Waals surface area contributed by atoms with Gasteiger partial charge in [-0.1, -0.05) is 30.5 Å². The molecule has 0 radical (unpaired) electrons. The van der Waals surface area contributed by atoms with Crippen molar-refractivity contribution >= 4 is 17.4 Å². The average Bonchev–Trinajstić information content (AvgIpc) is 3.23. The quantitative estimate of drug-likeness (QED) is 0.538. The van der Waals surface area contributed by atoms with Crippen molar-refractivity contribution in [2.45, 2.75) is 18.2 Å². The number of benzene rings is 1. The Balaban J connectivity index is 1.69. The first-order valence-corrected chi connectivity index (χ1v) is 9.23. The Hall–Kier alpha value is -3.13. The molecule has 8 heteroatoms. The van der Waals surface area contributed by atoms with Crippen molar-refractivity contribution in [1.82, 2.24) is 29.6 Å². The lowest BCUT2D eigenvalue weighted by atomic mass is 10.1. The zero-order chi connectivity index (χ0) is 19.0. The topological polar surface area (TPSA) is 86.9 Å². The van der Waals surface area contributed by atoms with Gasteiger partial charge in [-0.3, -0.25) is 4.68 Å². The molecule has 2 N–H and O–H groups in total. The van der Waals surface area contributed by atoms with Crippen LogP contribution in [0, 0.1) is 6.92 Å². The summed E-state index contributed by atoms with van der Waals surface area (Å²) >= 11 is 1.47. The Bertz CT molecular complexity index is 1140. The van der Waals surface area contributed by atoms with Crippen molar-refractivity contribution in [1.29, 1.82) is 0 Å².